The molecule has 50 heavy (non-hydrogen) atoms. The standard InChI is InChI=1S/C25H39N3O4.2CH4O.3NO3.Ni.Tb/c1-18-12-20(24(29)22(14-18)31-6)16-27(4)10-8-26(3)9-11-28(5)17-21-13-19(2)15-23(32-7)25(21)30;2*1-2;3*2-1(3)4;;/h12-15,29-30H,8-11,16-17H2,1-7H3;2*2H,1H3;;;;;/q;;;3*-1;+3;/p-2. The van der Waals surface area contributed by atoms with Crippen molar-refractivity contribution in [1.82, 2.24) is 14.7 Å². The van der Waals surface area contributed by atoms with Crippen LogP contribution < -0.4 is 19.7 Å². The molecule has 2 radical (unpaired) electrons. The summed E-state index contributed by atoms with van der Waals surface area (Å²) in [6.07, 6.45) is 0. The zero-order valence-corrected chi connectivity index (χ0v) is 32.2. The van der Waals surface area contributed by atoms with Gasteiger partial charge in [-0.2, -0.15) is 0 Å². The molecule has 2 N–H and O–H groups in total. The molecule has 0 heterocycles. The first kappa shape index (κ1) is 59.0. The minimum Gasteiger partial charge on any atom is -0.870 e. The summed E-state index contributed by atoms with van der Waals surface area (Å²) in [5.41, 5.74) is 3.57. The fourth-order valence-electron chi connectivity index (χ4n) is 3.70. The van der Waals surface area contributed by atoms with Crippen LogP contribution >= 0.6 is 0 Å². The third-order valence-electron chi connectivity index (χ3n) is 5.60. The summed E-state index contributed by atoms with van der Waals surface area (Å²) in [4.78, 5) is 31.3. The van der Waals surface area contributed by atoms with E-state index in [4.69, 9.17) is 65.7 Å². The van der Waals surface area contributed by atoms with Crippen molar-refractivity contribution in [2.45, 2.75) is 26.9 Å². The number of nitrogens with zero attached hydrogens (tertiary/aromatic N) is 6. The zero-order valence-electron chi connectivity index (χ0n) is 29.1. The first-order chi connectivity index (χ1) is 22.3. The molecule has 0 amide bonds. The second-order valence-corrected chi connectivity index (χ2v) is 9.36. The molecule has 0 aliphatic rings. The van der Waals surface area contributed by atoms with Crippen LogP contribution in [0.2, 0.25) is 0 Å². The van der Waals surface area contributed by atoms with Gasteiger partial charge in [-0.1, -0.05) is 23.6 Å². The van der Waals surface area contributed by atoms with Crippen LogP contribution in [0.15, 0.2) is 24.3 Å². The van der Waals surface area contributed by atoms with Gasteiger partial charge in [0, 0.05) is 92.1 Å². The molecule has 0 fully saturated rings. The summed E-state index contributed by atoms with van der Waals surface area (Å²) in [6, 6.07) is 7.42. The number of aliphatic hydroxyl groups excluding tert-OH is 2. The number of likely N-dealkylation sites (N-methyl/N-ethyl adjacent to an activating group) is 3. The van der Waals surface area contributed by atoms with Gasteiger partial charge in [0.15, 0.2) is 0 Å². The molecular weight excluding hydrogens is 866 g/mol. The van der Waals surface area contributed by atoms with E-state index in [9.17, 15) is 10.2 Å². The van der Waals surface area contributed by atoms with E-state index in [1.54, 1.807) is 12.1 Å². The molecule has 0 aliphatic heterocycles. The van der Waals surface area contributed by atoms with Crippen molar-refractivity contribution in [3.8, 4) is 23.0 Å². The Morgan fingerprint density at radius 2 is 0.800 bits per heavy atom. The van der Waals surface area contributed by atoms with E-state index in [2.05, 4.69) is 21.7 Å². The number of rotatable bonds is 12. The SMILES string of the molecule is CO.CO.COc1cc(C)cc(CN(C)CCN(C)CCN(C)Cc2cc(C)cc(OC)c2[O-])c1[O-].O=[N+]([O-])[O-].O=[N+]([O-])[O-].O=[N+]([O-])[O-].[Ni+3].[Tb]. The Morgan fingerprint density at radius 1 is 0.580 bits per heavy atom. The molecule has 0 bridgehead atoms. The molecule has 2 aromatic rings. The van der Waals surface area contributed by atoms with Crippen molar-refractivity contribution in [2.24, 2.45) is 0 Å². The molecule has 0 atom stereocenters. The number of benzene rings is 2. The van der Waals surface area contributed by atoms with Crippen LogP contribution in [-0.4, -0.2) is 116 Å². The number of hydrogen-bond donors (Lipinski definition) is 2. The third kappa shape index (κ3) is 33.3. The Balaban J connectivity index is -0.000000228. The Bertz CT molecular complexity index is 1090. The minimum absolute atomic E-state index is 0. The number of aryl methyl sites for hydroxylation is 2. The van der Waals surface area contributed by atoms with Gasteiger partial charge in [-0.3, -0.25) is 0 Å². The van der Waals surface area contributed by atoms with Crippen LogP contribution in [0.4, 0.5) is 0 Å². The van der Waals surface area contributed by atoms with Gasteiger partial charge < -0.3 is 90.6 Å². The maximum atomic E-state index is 12.4. The number of hydrogen-bond acceptors (Lipinski definition) is 18. The van der Waals surface area contributed by atoms with E-state index in [-0.39, 0.29) is 66.6 Å². The van der Waals surface area contributed by atoms with Crippen molar-refractivity contribution in [3.05, 3.63) is 92.5 Å². The fraction of sp³-hybridized carbons (Fsp3) is 0.556. The van der Waals surface area contributed by atoms with Crippen molar-refractivity contribution in [1.29, 1.82) is 0 Å². The van der Waals surface area contributed by atoms with E-state index in [1.807, 2.05) is 40.1 Å². The predicted octanol–water partition coefficient (Wildman–Crippen LogP) is 0.461. The van der Waals surface area contributed by atoms with Crippen LogP contribution in [0.25, 0.3) is 0 Å². The third-order valence-corrected chi connectivity index (χ3v) is 5.60. The van der Waals surface area contributed by atoms with Gasteiger partial charge in [-0.05, 0) is 69.4 Å². The van der Waals surface area contributed by atoms with Crippen LogP contribution in [0, 0.1) is 98.4 Å². The Kier molecular flexibility index (Phi) is 42.0. The Hall–Kier alpha value is -3.18. The maximum absolute atomic E-state index is 12.4. The van der Waals surface area contributed by atoms with Gasteiger partial charge in [-0.25, -0.2) is 0 Å². The summed E-state index contributed by atoms with van der Waals surface area (Å²) in [5, 5.41) is 83.1. The van der Waals surface area contributed by atoms with Gasteiger partial charge in [0.25, 0.3) is 0 Å². The molecule has 294 valence electrons. The van der Waals surface area contributed by atoms with Crippen molar-refractivity contribution in [3.63, 3.8) is 0 Å². The van der Waals surface area contributed by atoms with Crippen LogP contribution in [0.1, 0.15) is 22.3 Å². The van der Waals surface area contributed by atoms with E-state index >= 15 is 0 Å². The second kappa shape index (κ2) is 35.6. The summed E-state index contributed by atoms with van der Waals surface area (Å²) >= 11 is 0. The summed E-state index contributed by atoms with van der Waals surface area (Å²) in [7, 11) is 11.2. The van der Waals surface area contributed by atoms with E-state index in [0.717, 1.165) is 62.7 Å². The molecule has 0 saturated heterocycles. The smallest absolute Gasteiger partial charge is 0.870 e. The maximum Gasteiger partial charge on any atom is 3.00 e. The van der Waals surface area contributed by atoms with Crippen molar-refractivity contribution < 1.29 is 100 Å². The molecule has 2 rings (SSSR count). The van der Waals surface area contributed by atoms with Crippen molar-refractivity contribution >= 4 is 0 Å². The zero-order chi connectivity index (χ0) is 38.6. The van der Waals surface area contributed by atoms with Crippen LogP contribution in [-0.2, 0) is 29.6 Å². The normalized spacial score (nSPS) is 9.08. The summed E-state index contributed by atoms with van der Waals surface area (Å²) in [5.74, 6) is 0.734. The molecule has 21 nitrogen and oxygen atoms in total. The number of ether oxygens (including phenoxy) is 2. The molecule has 0 unspecified atom stereocenters. The molecule has 23 heteroatoms. The van der Waals surface area contributed by atoms with E-state index in [0.29, 0.717) is 24.6 Å². The van der Waals surface area contributed by atoms with Gasteiger partial charge in [-0.15, -0.1) is 0 Å². The average molecular weight is 911 g/mol. The van der Waals surface area contributed by atoms with E-state index in [1.165, 1.54) is 14.2 Å². The molecule has 0 spiro atoms. The topological polar surface area (TPSA) is 313 Å². The summed E-state index contributed by atoms with van der Waals surface area (Å²) in [6.45, 7) is 8.57. The molecule has 0 saturated carbocycles. The first-order valence-electron chi connectivity index (χ1n) is 13.4. The summed E-state index contributed by atoms with van der Waals surface area (Å²) < 4.78 is 10.4. The van der Waals surface area contributed by atoms with Gasteiger partial charge in [0.1, 0.15) is 11.5 Å². The molecular formula is C27H45N6NiO15Tb-2. The first-order valence-corrected chi connectivity index (χ1v) is 13.4. The van der Waals surface area contributed by atoms with Crippen molar-refractivity contribution in [2.75, 3.05) is 75.8 Å². The Morgan fingerprint density at radius 3 is 1.02 bits per heavy atom. The van der Waals surface area contributed by atoms with Gasteiger partial charge in [0.2, 0.25) is 0 Å². The molecule has 0 aliphatic carbocycles. The van der Waals surface area contributed by atoms with Gasteiger partial charge >= 0.3 is 16.5 Å². The molecule has 0 aromatic heterocycles. The van der Waals surface area contributed by atoms with Gasteiger partial charge in [0.05, 0.1) is 29.5 Å². The van der Waals surface area contributed by atoms with Crippen LogP contribution in [0.5, 0.6) is 23.0 Å². The van der Waals surface area contributed by atoms with Crippen LogP contribution in [0.3, 0.4) is 0 Å². The minimum atomic E-state index is -1.75. The average Bonchev–Trinajstić information content (AvgIpc) is 2.99. The number of aliphatic hydroxyl groups is 2. The molecule has 2 aromatic carbocycles. The number of methoxy groups -OCH3 is 2. The quantitative estimate of drug-likeness (QED) is 0.166. The fourth-order valence-corrected chi connectivity index (χ4v) is 3.70. The second-order valence-electron chi connectivity index (χ2n) is 9.36. The van der Waals surface area contributed by atoms with E-state index < -0.39 is 15.3 Å². The predicted molar refractivity (Wildman–Crippen MR) is 172 cm³/mol. The Labute approximate surface area is 331 Å². The largest absolute Gasteiger partial charge is 3.00 e. The monoisotopic (exact) mass is 910 g/mol.